The van der Waals surface area contributed by atoms with Gasteiger partial charge in [-0.05, 0) is 42.8 Å². The molecule has 3 amide bonds. The fourth-order valence-corrected chi connectivity index (χ4v) is 1.93. The molecule has 0 bridgehead atoms. The Kier molecular flexibility index (Phi) is 4.45. The number of benzene rings is 2. The van der Waals surface area contributed by atoms with Crippen molar-refractivity contribution in [2.75, 3.05) is 10.6 Å². The highest BCUT2D eigenvalue weighted by atomic mass is 35.5. The second-order valence-corrected chi connectivity index (χ2v) is 4.90. The molecule has 0 aliphatic carbocycles. The summed E-state index contributed by atoms with van der Waals surface area (Å²) in [6.07, 6.45) is 0. The minimum absolute atomic E-state index is 0.303. The van der Waals surface area contributed by atoms with Gasteiger partial charge in [-0.15, -0.1) is 0 Å². The summed E-state index contributed by atoms with van der Waals surface area (Å²) in [4.78, 5) is 23.0. The average Bonchev–Trinajstić information content (AvgIpc) is 2.42. The van der Waals surface area contributed by atoms with Crippen molar-refractivity contribution in [1.29, 1.82) is 0 Å². The van der Waals surface area contributed by atoms with E-state index in [1.54, 1.807) is 30.3 Å². The summed E-state index contributed by atoms with van der Waals surface area (Å²) < 4.78 is 0. The molecule has 2 rings (SSSR count). The highest BCUT2D eigenvalue weighted by Gasteiger charge is 2.08. The Morgan fingerprint density at radius 3 is 2.43 bits per heavy atom. The van der Waals surface area contributed by atoms with Gasteiger partial charge >= 0.3 is 6.03 Å². The van der Waals surface area contributed by atoms with E-state index in [0.717, 1.165) is 5.56 Å². The first-order chi connectivity index (χ1) is 9.95. The van der Waals surface area contributed by atoms with Crippen LogP contribution in [0.5, 0.6) is 0 Å². The van der Waals surface area contributed by atoms with Crippen LogP contribution in [0, 0.1) is 6.92 Å². The summed E-state index contributed by atoms with van der Waals surface area (Å²) in [6, 6.07) is 11.1. The molecule has 0 fully saturated rings. The zero-order valence-corrected chi connectivity index (χ0v) is 12.1. The third kappa shape index (κ3) is 3.97. The molecule has 2 aromatic carbocycles. The van der Waals surface area contributed by atoms with E-state index in [1.807, 2.05) is 13.0 Å². The standard InChI is InChI=1S/C15H14ClN3O2/c1-9-5-6-12(8-13(9)16)18-14(20)10-3-2-4-11(7-10)19-15(17)21/h2-8H,1H3,(H,18,20)(H3,17,19,21). The second kappa shape index (κ2) is 6.28. The maximum atomic E-state index is 12.2. The topological polar surface area (TPSA) is 84.2 Å². The predicted octanol–water partition coefficient (Wildman–Crippen LogP) is 3.39. The van der Waals surface area contributed by atoms with Gasteiger partial charge < -0.3 is 16.4 Å². The normalized spacial score (nSPS) is 10.0. The van der Waals surface area contributed by atoms with Crippen molar-refractivity contribution in [2.45, 2.75) is 6.92 Å². The number of anilines is 2. The van der Waals surface area contributed by atoms with E-state index < -0.39 is 6.03 Å². The van der Waals surface area contributed by atoms with Crippen LogP contribution in [0.3, 0.4) is 0 Å². The number of amides is 3. The molecule has 2 aromatic rings. The Bertz CT molecular complexity index is 701. The lowest BCUT2D eigenvalue weighted by molar-refractivity contribution is 0.102. The van der Waals surface area contributed by atoms with E-state index in [9.17, 15) is 9.59 Å². The average molecular weight is 304 g/mol. The van der Waals surface area contributed by atoms with Gasteiger partial charge in [-0.25, -0.2) is 4.79 Å². The monoisotopic (exact) mass is 303 g/mol. The highest BCUT2D eigenvalue weighted by Crippen LogP contribution is 2.21. The van der Waals surface area contributed by atoms with Gasteiger partial charge in [0.05, 0.1) is 0 Å². The molecule has 0 spiro atoms. The Labute approximate surface area is 127 Å². The van der Waals surface area contributed by atoms with Crippen LogP contribution in [-0.4, -0.2) is 11.9 Å². The third-order valence-electron chi connectivity index (χ3n) is 2.82. The van der Waals surface area contributed by atoms with Crippen LogP contribution in [0.15, 0.2) is 42.5 Å². The van der Waals surface area contributed by atoms with Crippen LogP contribution in [-0.2, 0) is 0 Å². The van der Waals surface area contributed by atoms with Crippen molar-refractivity contribution in [3.05, 3.63) is 58.6 Å². The molecular weight excluding hydrogens is 290 g/mol. The Morgan fingerprint density at radius 1 is 1.05 bits per heavy atom. The van der Waals surface area contributed by atoms with Gasteiger partial charge in [0.25, 0.3) is 5.91 Å². The van der Waals surface area contributed by atoms with Gasteiger partial charge in [0.1, 0.15) is 0 Å². The summed E-state index contributed by atoms with van der Waals surface area (Å²) in [5.74, 6) is -0.303. The summed E-state index contributed by atoms with van der Waals surface area (Å²) in [5, 5.41) is 5.74. The van der Waals surface area contributed by atoms with Gasteiger partial charge in [-0.3, -0.25) is 4.79 Å². The molecule has 4 N–H and O–H groups in total. The van der Waals surface area contributed by atoms with Gasteiger partial charge in [-0.2, -0.15) is 0 Å². The largest absolute Gasteiger partial charge is 0.351 e. The van der Waals surface area contributed by atoms with E-state index in [-0.39, 0.29) is 5.91 Å². The minimum Gasteiger partial charge on any atom is -0.351 e. The number of hydrogen-bond donors (Lipinski definition) is 3. The molecule has 0 unspecified atom stereocenters. The lowest BCUT2D eigenvalue weighted by atomic mass is 10.1. The van der Waals surface area contributed by atoms with E-state index in [0.29, 0.717) is 22.0 Å². The SMILES string of the molecule is Cc1ccc(NC(=O)c2cccc(NC(N)=O)c2)cc1Cl. The van der Waals surface area contributed by atoms with Crippen LogP contribution < -0.4 is 16.4 Å². The summed E-state index contributed by atoms with van der Waals surface area (Å²) >= 11 is 6.01. The van der Waals surface area contributed by atoms with Crippen molar-refractivity contribution >= 4 is 34.9 Å². The second-order valence-electron chi connectivity index (χ2n) is 4.49. The summed E-state index contributed by atoms with van der Waals surface area (Å²) in [5.41, 5.74) is 7.43. The summed E-state index contributed by atoms with van der Waals surface area (Å²) in [7, 11) is 0. The van der Waals surface area contributed by atoms with Crippen LogP contribution in [0.1, 0.15) is 15.9 Å². The third-order valence-corrected chi connectivity index (χ3v) is 3.23. The number of rotatable bonds is 3. The molecule has 5 nitrogen and oxygen atoms in total. The first-order valence-electron chi connectivity index (χ1n) is 6.20. The molecule has 0 aromatic heterocycles. The van der Waals surface area contributed by atoms with E-state index >= 15 is 0 Å². The van der Waals surface area contributed by atoms with Gasteiger partial charge in [0, 0.05) is 22.0 Å². The Hall–Kier alpha value is -2.53. The van der Waals surface area contributed by atoms with Crippen molar-refractivity contribution in [2.24, 2.45) is 5.73 Å². The van der Waals surface area contributed by atoms with Crippen LogP contribution in [0.2, 0.25) is 5.02 Å². The fraction of sp³-hybridized carbons (Fsp3) is 0.0667. The molecule has 0 atom stereocenters. The van der Waals surface area contributed by atoms with Crippen LogP contribution in [0.25, 0.3) is 0 Å². The Morgan fingerprint density at radius 2 is 1.76 bits per heavy atom. The van der Waals surface area contributed by atoms with Crippen LogP contribution >= 0.6 is 11.6 Å². The van der Waals surface area contributed by atoms with Gasteiger partial charge in [0.2, 0.25) is 0 Å². The lowest BCUT2D eigenvalue weighted by Gasteiger charge is -2.08. The molecule has 0 saturated carbocycles. The number of carbonyl (C=O) groups is 2. The Balaban J connectivity index is 2.16. The smallest absolute Gasteiger partial charge is 0.316 e. The lowest BCUT2D eigenvalue weighted by Crippen LogP contribution is -2.19. The highest BCUT2D eigenvalue weighted by molar-refractivity contribution is 6.31. The molecule has 0 aliphatic heterocycles. The molecule has 21 heavy (non-hydrogen) atoms. The number of urea groups is 1. The number of nitrogens with one attached hydrogen (secondary N) is 2. The quantitative estimate of drug-likeness (QED) is 0.812. The number of aryl methyl sites for hydroxylation is 1. The molecule has 0 saturated heterocycles. The van der Waals surface area contributed by atoms with Gasteiger partial charge in [0.15, 0.2) is 0 Å². The molecule has 6 heteroatoms. The number of carbonyl (C=O) groups excluding carboxylic acids is 2. The number of halogens is 1. The summed E-state index contributed by atoms with van der Waals surface area (Å²) in [6.45, 7) is 1.88. The fourth-order valence-electron chi connectivity index (χ4n) is 1.75. The molecule has 108 valence electrons. The predicted molar refractivity (Wildman–Crippen MR) is 83.8 cm³/mol. The number of primary amides is 1. The van der Waals surface area contributed by atoms with E-state index in [2.05, 4.69) is 10.6 Å². The number of nitrogens with two attached hydrogens (primary N) is 1. The zero-order valence-electron chi connectivity index (χ0n) is 11.3. The van der Waals surface area contributed by atoms with Crippen LogP contribution in [0.4, 0.5) is 16.2 Å². The molecule has 0 heterocycles. The van der Waals surface area contributed by atoms with E-state index in [4.69, 9.17) is 17.3 Å². The molecule has 0 radical (unpaired) electrons. The van der Waals surface area contributed by atoms with E-state index in [1.165, 1.54) is 6.07 Å². The maximum Gasteiger partial charge on any atom is 0.316 e. The van der Waals surface area contributed by atoms with Crippen molar-refractivity contribution in [3.8, 4) is 0 Å². The minimum atomic E-state index is -0.683. The molecular formula is C15H14ClN3O2. The van der Waals surface area contributed by atoms with Gasteiger partial charge in [-0.1, -0.05) is 23.7 Å². The zero-order chi connectivity index (χ0) is 15.4. The van der Waals surface area contributed by atoms with Crippen molar-refractivity contribution in [1.82, 2.24) is 0 Å². The van der Waals surface area contributed by atoms with Crippen molar-refractivity contribution in [3.63, 3.8) is 0 Å². The first kappa shape index (κ1) is 14.9. The van der Waals surface area contributed by atoms with Crippen molar-refractivity contribution < 1.29 is 9.59 Å². The maximum absolute atomic E-state index is 12.2. The first-order valence-corrected chi connectivity index (χ1v) is 6.57. The molecule has 0 aliphatic rings. The number of hydrogen-bond acceptors (Lipinski definition) is 2.